The average Bonchev–Trinajstić information content (AvgIpc) is 3.13. The van der Waals surface area contributed by atoms with Gasteiger partial charge in [-0.1, -0.05) is 28.9 Å². The highest BCUT2D eigenvalue weighted by molar-refractivity contribution is 6.30. The molecule has 0 bridgehead atoms. The number of piperidine rings is 1. The van der Waals surface area contributed by atoms with Gasteiger partial charge in [0.25, 0.3) is 11.8 Å². The molecule has 0 unspecified atom stereocenters. The molecule has 4 rings (SSSR count). The minimum Gasteiger partial charge on any atom is -0.350 e. The highest BCUT2D eigenvalue weighted by atomic mass is 35.5. The first kappa shape index (κ1) is 19.8. The van der Waals surface area contributed by atoms with Crippen LogP contribution in [0, 0.1) is 5.92 Å². The van der Waals surface area contributed by atoms with Gasteiger partial charge >= 0.3 is 0 Å². The number of benzene rings is 1. The van der Waals surface area contributed by atoms with Crippen LogP contribution >= 0.6 is 11.6 Å². The van der Waals surface area contributed by atoms with Crippen LogP contribution in [-0.4, -0.2) is 57.4 Å². The van der Waals surface area contributed by atoms with Gasteiger partial charge in [-0.3, -0.25) is 14.5 Å². The summed E-state index contributed by atoms with van der Waals surface area (Å²) in [7, 11) is 0. The van der Waals surface area contributed by atoms with Gasteiger partial charge in [0.2, 0.25) is 0 Å². The van der Waals surface area contributed by atoms with Crippen molar-refractivity contribution in [2.45, 2.75) is 38.9 Å². The fourth-order valence-electron chi connectivity index (χ4n) is 3.93. The molecule has 0 aliphatic carbocycles. The number of likely N-dealkylation sites (tertiary alicyclic amines) is 1. The summed E-state index contributed by atoms with van der Waals surface area (Å²) in [5.74, 6) is -0.213. The molecule has 2 amide bonds. The molecule has 0 saturated carbocycles. The van der Waals surface area contributed by atoms with Crippen molar-refractivity contribution in [3.63, 3.8) is 0 Å². The number of rotatable bonds is 5. The first-order valence-corrected chi connectivity index (χ1v) is 10.4. The molecule has 2 aliphatic heterocycles. The van der Waals surface area contributed by atoms with Gasteiger partial charge in [0.1, 0.15) is 0 Å². The highest BCUT2D eigenvalue weighted by Crippen LogP contribution is 2.20. The molecule has 1 aromatic carbocycles. The van der Waals surface area contributed by atoms with Gasteiger partial charge in [-0.15, -0.1) is 5.10 Å². The Labute approximate surface area is 174 Å². The Morgan fingerprint density at radius 1 is 1.28 bits per heavy atom. The Balaban J connectivity index is 1.26. The topological polar surface area (TPSA) is 92.2 Å². The van der Waals surface area contributed by atoms with E-state index in [0.717, 1.165) is 37.5 Å². The molecule has 2 aromatic rings. The predicted molar refractivity (Wildman–Crippen MR) is 109 cm³/mol. The van der Waals surface area contributed by atoms with E-state index in [1.165, 1.54) is 10.2 Å². The van der Waals surface area contributed by atoms with E-state index >= 15 is 0 Å². The van der Waals surface area contributed by atoms with Crippen LogP contribution < -0.4 is 10.6 Å². The van der Waals surface area contributed by atoms with Crippen molar-refractivity contribution < 1.29 is 9.59 Å². The number of carbonyl (C=O) groups is 2. The second-order valence-electron chi connectivity index (χ2n) is 7.90. The summed E-state index contributed by atoms with van der Waals surface area (Å²) in [5, 5.41) is 14.4. The molecule has 0 radical (unpaired) electrons. The van der Waals surface area contributed by atoms with Gasteiger partial charge in [-0.05, 0) is 56.5 Å². The van der Waals surface area contributed by atoms with E-state index in [1.54, 1.807) is 0 Å². The number of hydrogen-bond donors (Lipinski definition) is 2. The first-order chi connectivity index (χ1) is 14.0. The molecule has 2 N–H and O–H groups in total. The van der Waals surface area contributed by atoms with Crippen molar-refractivity contribution in [2.24, 2.45) is 5.92 Å². The Morgan fingerprint density at radius 2 is 2.00 bits per heavy atom. The lowest BCUT2D eigenvalue weighted by atomic mass is 9.96. The zero-order valence-corrected chi connectivity index (χ0v) is 17.2. The minimum atomic E-state index is -0.334. The van der Waals surface area contributed by atoms with Crippen LogP contribution in [0.1, 0.15) is 46.3 Å². The maximum absolute atomic E-state index is 12.6. The first-order valence-electron chi connectivity index (χ1n) is 9.99. The van der Waals surface area contributed by atoms with E-state index in [-0.39, 0.29) is 29.2 Å². The fraction of sp³-hybridized carbons (Fsp3) is 0.500. The number of fused-ring (bicyclic) bond motifs is 1. The van der Waals surface area contributed by atoms with Gasteiger partial charge in [-0.2, -0.15) is 0 Å². The van der Waals surface area contributed by atoms with Crippen molar-refractivity contribution in [3.8, 4) is 0 Å². The Hall–Kier alpha value is -2.45. The fourth-order valence-corrected chi connectivity index (χ4v) is 4.06. The molecular weight excluding hydrogens is 392 g/mol. The molecule has 1 aromatic heterocycles. The van der Waals surface area contributed by atoms with Crippen LogP contribution in [0.5, 0.6) is 0 Å². The Bertz CT molecular complexity index is 889. The Morgan fingerprint density at radius 3 is 2.72 bits per heavy atom. The average molecular weight is 417 g/mol. The Kier molecular flexibility index (Phi) is 5.82. The maximum Gasteiger partial charge on any atom is 0.274 e. The monoisotopic (exact) mass is 416 g/mol. The van der Waals surface area contributed by atoms with E-state index in [9.17, 15) is 9.59 Å². The van der Waals surface area contributed by atoms with Crippen molar-refractivity contribution in [1.29, 1.82) is 0 Å². The van der Waals surface area contributed by atoms with E-state index in [2.05, 4.69) is 38.0 Å². The molecule has 0 spiro atoms. The van der Waals surface area contributed by atoms with Crippen molar-refractivity contribution in [1.82, 2.24) is 30.5 Å². The van der Waals surface area contributed by atoms with Gasteiger partial charge in [-0.25, -0.2) is 4.68 Å². The van der Waals surface area contributed by atoms with E-state index in [1.807, 2.05) is 19.1 Å². The molecule has 8 nitrogen and oxygen atoms in total. The number of halogens is 1. The summed E-state index contributed by atoms with van der Waals surface area (Å²) in [6.45, 7) is 5.89. The summed E-state index contributed by atoms with van der Waals surface area (Å²) < 4.78 is 1.51. The third kappa shape index (κ3) is 4.59. The van der Waals surface area contributed by atoms with Crippen molar-refractivity contribution >= 4 is 23.4 Å². The summed E-state index contributed by atoms with van der Waals surface area (Å²) in [4.78, 5) is 27.2. The van der Waals surface area contributed by atoms with Gasteiger partial charge in [0.15, 0.2) is 11.4 Å². The second kappa shape index (κ2) is 8.51. The number of nitrogens with one attached hydrogen (secondary N) is 2. The molecule has 154 valence electrons. The number of hydrogen-bond acceptors (Lipinski definition) is 5. The summed E-state index contributed by atoms with van der Waals surface area (Å²) >= 11 is 5.94. The largest absolute Gasteiger partial charge is 0.350 e. The van der Waals surface area contributed by atoms with Crippen LogP contribution in [-0.2, 0) is 13.1 Å². The number of amides is 2. The molecule has 1 fully saturated rings. The quantitative estimate of drug-likeness (QED) is 0.774. The zero-order chi connectivity index (χ0) is 20.4. The SMILES string of the molecule is C[C@H]1Cn2nnc(C(=O)NCC3CCN(Cc4ccc(Cl)cc4)CC3)c2C(=O)N1. The van der Waals surface area contributed by atoms with E-state index in [0.29, 0.717) is 19.0 Å². The van der Waals surface area contributed by atoms with Gasteiger partial charge in [0.05, 0.1) is 6.54 Å². The smallest absolute Gasteiger partial charge is 0.274 e. The molecule has 3 heterocycles. The molecule has 1 atom stereocenters. The van der Waals surface area contributed by atoms with Crippen LogP contribution in [0.3, 0.4) is 0 Å². The van der Waals surface area contributed by atoms with E-state index < -0.39 is 0 Å². The number of nitrogens with zero attached hydrogens (tertiary/aromatic N) is 4. The second-order valence-corrected chi connectivity index (χ2v) is 8.34. The lowest BCUT2D eigenvalue weighted by Crippen LogP contribution is -2.44. The van der Waals surface area contributed by atoms with Crippen LogP contribution in [0.15, 0.2) is 24.3 Å². The number of carbonyl (C=O) groups excluding carboxylic acids is 2. The predicted octanol–water partition coefficient (Wildman–Crippen LogP) is 1.71. The van der Waals surface area contributed by atoms with Crippen molar-refractivity contribution in [3.05, 3.63) is 46.2 Å². The van der Waals surface area contributed by atoms with Crippen LogP contribution in [0.2, 0.25) is 5.02 Å². The lowest BCUT2D eigenvalue weighted by Gasteiger charge is -2.32. The van der Waals surface area contributed by atoms with Gasteiger partial charge in [0, 0.05) is 24.2 Å². The van der Waals surface area contributed by atoms with E-state index in [4.69, 9.17) is 11.6 Å². The minimum absolute atomic E-state index is 0.0225. The van der Waals surface area contributed by atoms with Gasteiger partial charge < -0.3 is 10.6 Å². The third-order valence-electron chi connectivity index (χ3n) is 5.57. The normalized spacial score (nSPS) is 20.2. The maximum atomic E-state index is 12.6. The third-order valence-corrected chi connectivity index (χ3v) is 5.82. The zero-order valence-electron chi connectivity index (χ0n) is 16.4. The molecular formula is C20H25ClN6O2. The highest BCUT2D eigenvalue weighted by Gasteiger charge is 2.30. The van der Waals surface area contributed by atoms with Crippen molar-refractivity contribution in [2.75, 3.05) is 19.6 Å². The lowest BCUT2D eigenvalue weighted by molar-refractivity contribution is 0.0876. The summed E-state index contributed by atoms with van der Waals surface area (Å²) in [5.41, 5.74) is 1.61. The summed E-state index contributed by atoms with van der Waals surface area (Å²) in [6.07, 6.45) is 2.04. The molecule has 29 heavy (non-hydrogen) atoms. The standard InChI is InChI=1S/C20H25ClN6O2/c1-13-11-27-18(20(29)23-13)17(24-25-27)19(28)22-10-14-6-8-26(9-7-14)12-15-2-4-16(21)5-3-15/h2-5,13-14H,6-12H2,1H3,(H,22,28)(H,23,29)/t13-/m0/s1. The van der Waals surface area contributed by atoms with Crippen LogP contribution in [0.25, 0.3) is 0 Å². The van der Waals surface area contributed by atoms with Crippen LogP contribution in [0.4, 0.5) is 0 Å². The molecule has 1 saturated heterocycles. The number of aromatic nitrogens is 3. The molecule has 2 aliphatic rings. The summed E-state index contributed by atoms with van der Waals surface area (Å²) in [6, 6.07) is 7.94. The molecule has 9 heteroatoms.